The molecule has 4 heteroatoms. The summed E-state index contributed by atoms with van der Waals surface area (Å²) < 4.78 is 0. The molecule has 0 saturated heterocycles. The first kappa shape index (κ1) is 16.1. The maximum absolute atomic E-state index is 11.0. The number of benzene rings is 1. The minimum Gasteiger partial charge on any atom is -0.480 e. The van der Waals surface area contributed by atoms with E-state index in [1.807, 2.05) is 19.1 Å². The van der Waals surface area contributed by atoms with Crippen LogP contribution in [-0.2, 0) is 11.3 Å². The van der Waals surface area contributed by atoms with E-state index in [1.54, 1.807) is 0 Å². The van der Waals surface area contributed by atoms with Crippen molar-refractivity contribution < 1.29 is 9.90 Å². The number of rotatable bonds is 6. The molecule has 0 heterocycles. The first-order valence-electron chi connectivity index (χ1n) is 6.55. The normalized spacial score (nSPS) is 13.3. The molecule has 0 radical (unpaired) electrons. The Labute approximate surface area is 119 Å². The number of hydrogen-bond acceptors (Lipinski definition) is 3. The smallest absolute Gasteiger partial charge is 0.316 e. The molecule has 0 saturated carbocycles. The van der Waals surface area contributed by atoms with Gasteiger partial charge in [-0.3, -0.25) is 4.79 Å². The van der Waals surface area contributed by atoms with Crippen LogP contribution in [0.2, 0.25) is 0 Å². The highest BCUT2D eigenvalue weighted by molar-refractivity contribution is 8.00. The lowest BCUT2D eigenvalue weighted by molar-refractivity contribution is -0.136. The van der Waals surface area contributed by atoms with Crippen molar-refractivity contribution in [2.75, 3.05) is 0 Å². The molecule has 0 aliphatic carbocycles. The van der Waals surface area contributed by atoms with Crippen LogP contribution in [0.1, 0.15) is 39.7 Å². The van der Waals surface area contributed by atoms with Crippen molar-refractivity contribution in [2.24, 2.45) is 0 Å². The van der Waals surface area contributed by atoms with E-state index >= 15 is 0 Å². The molecule has 1 rings (SSSR count). The minimum absolute atomic E-state index is 0.0795. The zero-order valence-corrected chi connectivity index (χ0v) is 12.9. The number of hydrogen-bond donors (Lipinski definition) is 2. The first-order chi connectivity index (χ1) is 8.81. The monoisotopic (exact) mass is 281 g/mol. The zero-order chi connectivity index (χ0) is 14.5. The van der Waals surface area contributed by atoms with Gasteiger partial charge in [0.25, 0.3) is 0 Å². The van der Waals surface area contributed by atoms with E-state index in [2.05, 4.69) is 38.2 Å². The van der Waals surface area contributed by atoms with E-state index in [-0.39, 0.29) is 10.8 Å². The predicted octanol–water partition coefficient (Wildman–Crippen LogP) is 3.53. The van der Waals surface area contributed by atoms with Crippen molar-refractivity contribution >= 4 is 17.7 Å². The van der Waals surface area contributed by atoms with Gasteiger partial charge in [0.2, 0.25) is 0 Å². The lowest BCUT2D eigenvalue weighted by atomic mass is 10.1. The molecular weight excluding hydrogens is 258 g/mol. The van der Waals surface area contributed by atoms with E-state index in [0.717, 1.165) is 11.4 Å². The fourth-order valence-electron chi connectivity index (χ4n) is 1.57. The molecule has 19 heavy (non-hydrogen) atoms. The number of aliphatic carboxylic acids is 1. The number of nitrogens with one attached hydrogen (secondary N) is 1. The third-order valence-electron chi connectivity index (χ3n) is 2.65. The summed E-state index contributed by atoms with van der Waals surface area (Å²) in [6, 6.07) is 8.08. The van der Waals surface area contributed by atoms with Crippen molar-refractivity contribution in [1.29, 1.82) is 0 Å². The molecule has 0 amide bonds. The number of thioether (sulfide) groups is 1. The lowest BCUT2D eigenvalue weighted by Gasteiger charge is -2.20. The van der Waals surface area contributed by atoms with Crippen LogP contribution in [0.25, 0.3) is 0 Å². The summed E-state index contributed by atoms with van der Waals surface area (Å²) in [5.41, 5.74) is 1.26. The van der Waals surface area contributed by atoms with E-state index in [4.69, 9.17) is 5.11 Å². The Hall–Kier alpha value is -1.00. The molecule has 0 aliphatic rings. The zero-order valence-electron chi connectivity index (χ0n) is 12.1. The maximum atomic E-state index is 11.0. The number of carboxylic acid groups (broad SMARTS) is 1. The molecule has 106 valence electrons. The maximum Gasteiger partial charge on any atom is 0.316 e. The van der Waals surface area contributed by atoms with Gasteiger partial charge in [-0.25, -0.2) is 0 Å². The summed E-state index contributed by atoms with van der Waals surface area (Å²) in [4.78, 5) is 12.1. The topological polar surface area (TPSA) is 49.3 Å². The van der Waals surface area contributed by atoms with E-state index in [9.17, 15) is 4.79 Å². The predicted molar refractivity (Wildman–Crippen MR) is 80.6 cm³/mol. The number of carboxylic acids is 1. The van der Waals surface area contributed by atoms with Gasteiger partial charge in [0.05, 0.1) is 0 Å². The van der Waals surface area contributed by atoms with Gasteiger partial charge in [0.1, 0.15) is 5.25 Å². The van der Waals surface area contributed by atoms with E-state index in [1.165, 1.54) is 17.3 Å². The largest absolute Gasteiger partial charge is 0.480 e. The quantitative estimate of drug-likeness (QED) is 0.783. The summed E-state index contributed by atoms with van der Waals surface area (Å²) >= 11 is 1.42. The molecule has 0 spiro atoms. The second-order valence-electron chi connectivity index (χ2n) is 5.60. The highest BCUT2D eigenvalue weighted by Crippen LogP contribution is 2.26. The Kier molecular flexibility index (Phi) is 5.88. The third kappa shape index (κ3) is 6.12. The molecule has 2 N–H and O–H groups in total. The van der Waals surface area contributed by atoms with Gasteiger partial charge < -0.3 is 10.4 Å². The fraction of sp³-hybridized carbons (Fsp3) is 0.533. The SMILES string of the molecule is CCC(Sc1cccc(CNC(C)(C)C)c1)C(=O)O. The summed E-state index contributed by atoms with van der Waals surface area (Å²) in [5.74, 6) is -0.745. The van der Waals surface area contributed by atoms with Crippen LogP contribution in [0.15, 0.2) is 29.2 Å². The Bertz CT molecular complexity index is 426. The van der Waals surface area contributed by atoms with Gasteiger partial charge in [-0.2, -0.15) is 0 Å². The average molecular weight is 281 g/mol. The van der Waals surface area contributed by atoms with Gasteiger partial charge in [-0.15, -0.1) is 11.8 Å². The van der Waals surface area contributed by atoms with Crippen LogP contribution >= 0.6 is 11.8 Å². The van der Waals surface area contributed by atoms with Crippen molar-refractivity contribution in [3.8, 4) is 0 Å². The Morgan fingerprint density at radius 1 is 1.42 bits per heavy atom. The molecule has 0 aliphatic heterocycles. The van der Waals surface area contributed by atoms with Crippen LogP contribution in [0.4, 0.5) is 0 Å². The summed E-state index contributed by atoms with van der Waals surface area (Å²) in [5, 5.41) is 12.1. The molecule has 1 aromatic rings. The van der Waals surface area contributed by atoms with Crippen LogP contribution in [0.3, 0.4) is 0 Å². The van der Waals surface area contributed by atoms with Gasteiger partial charge >= 0.3 is 5.97 Å². The van der Waals surface area contributed by atoms with E-state index in [0.29, 0.717) is 6.42 Å². The molecule has 3 nitrogen and oxygen atoms in total. The van der Waals surface area contributed by atoms with Gasteiger partial charge in [0.15, 0.2) is 0 Å². The molecule has 1 aromatic carbocycles. The van der Waals surface area contributed by atoms with Crippen LogP contribution in [0, 0.1) is 0 Å². The molecule has 0 aromatic heterocycles. The van der Waals surface area contributed by atoms with Crippen molar-refractivity contribution in [3.05, 3.63) is 29.8 Å². The van der Waals surface area contributed by atoms with Crippen LogP contribution in [-0.4, -0.2) is 21.9 Å². The second kappa shape index (κ2) is 6.96. The summed E-state index contributed by atoms with van der Waals surface area (Å²) in [7, 11) is 0. The van der Waals surface area contributed by atoms with Crippen LogP contribution in [0.5, 0.6) is 0 Å². The lowest BCUT2D eigenvalue weighted by Crippen LogP contribution is -2.35. The minimum atomic E-state index is -0.745. The Morgan fingerprint density at radius 2 is 2.11 bits per heavy atom. The highest BCUT2D eigenvalue weighted by atomic mass is 32.2. The summed E-state index contributed by atoms with van der Waals surface area (Å²) in [6.07, 6.45) is 0.629. The molecule has 1 unspecified atom stereocenters. The molecule has 1 atom stereocenters. The Balaban J connectivity index is 2.69. The second-order valence-corrected chi connectivity index (χ2v) is 6.88. The molecular formula is C15H23NO2S. The van der Waals surface area contributed by atoms with Crippen molar-refractivity contribution in [2.45, 2.75) is 56.3 Å². The molecule has 0 bridgehead atoms. The summed E-state index contributed by atoms with van der Waals surface area (Å²) in [6.45, 7) is 9.08. The third-order valence-corrected chi connectivity index (χ3v) is 3.99. The van der Waals surface area contributed by atoms with E-state index < -0.39 is 5.97 Å². The van der Waals surface area contributed by atoms with Gasteiger partial charge in [-0.05, 0) is 44.9 Å². The van der Waals surface area contributed by atoms with Gasteiger partial charge in [-0.1, -0.05) is 19.1 Å². The molecule has 0 fully saturated rings. The first-order valence-corrected chi connectivity index (χ1v) is 7.43. The Morgan fingerprint density at radius 3 is 2.63 bits per heavy atom. The van der Waals surface area contributed by atoms with Crippen LogP contribution < -0.4 is 5.32 Å². The standard InChI is InChI=1S/C15H23NO2S/c1-5-13(14(17)18)19-12-8-6-7-11(9-12)10-16-15(2,3)4/h6-9,13,16H,5,10H2,1-4H3,(H,17,18). The van der Waals surface area contributed by atoms with Crippen molar-refractivity contribution in [3.63, 3.8) is 0 Å². The highest BCUT2D eigenvalue weighted by Gasteiger charge is 2.16. The number of carbonyl (C=O) groups is 1. The van der Waals surface area contributed by atoms with Gasteiger partial charge in [0, 0.05) is 17.0 Å². The van der Waals surface area contributed by atoms with Crippen molar-refractivity contribution in [1.82, 2.24) is 5.32 Å². The average Bonchev–Trinajstić information content (AvgIpc) is 2.33. The fourth-order valence-corrected chi connectivity index (χ4v) is 2.54.